The van der Waals surface area contributed by atoms with Gasteiger partial charge in [-0.15, -0.1) is 0 Å². The number of piperazine rings is 1. The fourth-order valence-corrected chi connectivity index (χ4v) is 4.39. The van der Waals surface area contributed by atoms with E-state index < -0.39 is 6.10 Å². The van der Waals surface area contributed by atoms with Crippen LogP contribution in [0.4, 0.5) is 0 Å². The number of aliphatic hydroxyl groups is 1. The molecule has 26 heavy (non-hydrogen) atoms. The normalized spacial score (nSPS) is 22.2. The maximum absolute atomic E-state index is 12.8. The van der Waals surface area contributed by atoms with Crippen LogP contribution in [-0.2, 0) is 4.79 Å². The van der Waals surface area contributed by atoms with Crippen LogP contribution in [0.25, 0.3) is 0 Å². The number of nitrogens with two attached hydrogens (primary N) is 1. The van der Waals surface area contributed by atoms with Gasteiger partial charge in [-0.2, -0.15) is 0 Å². The molecule has 5 heteroatoms. The van der Waals surface area contributed by atoms with Crippen molar-refractivity contribution in [3.63, 3.8) is 0 Å². The molecule has 1 saturated heterocycles. The molecule has 1 amide bonds. The summed E-state index contributed by atoms with van der Waals surface area (Å²) in [5.41, 5.74) is 7.03. The second kappa shape index (κ2) is 8.98. The van der Waals surface area contributed by atoms with Crippen molar-refractivity contribution >= 4 is 5.91 Å². The van der Waals surface area contributed by atoms with Crippen LogP contribution in [0.5, 0.6) is 0 Å². The molecule has 5 nitrogen and oxygen atoms in total. The number of hydrogen-bond acceptors (Lipinski definition) is 4. The predicted molar refractivity (Wildman–Crippen MR) is 104 cm³/mol. The number of β-amino-alcohol motifs (C(OH)–C–C–N with tert-alkyl or cyclic N) is 1. The van der Waals surface area contributed by atoms with E-state index in [1.54, 1.807) is 0 Å². The first-order chi connectivity index (χ1) is 12.6. The van der Waals surface area contributed by atoms with Crippen molar-refractivity contribution in [3.05, 3.63) is 35.9 Å². The van der Waals surface area contributed by atoms with Gasteiger partial charge in [0, 0.05) is 39.1 Å². The highest BCUT2D eigenvalue weighted by atomic mass is 16.3. The number of nitrogens with zero attached hydrogens (tertiary/aromatic N) is 2. The van der Waals surface area contributed by atoms with E-state index in [9.17, 15) is 9.90 Å². The van der Waals surface area contributed by atoms with Gasteiger partial charge in [0.15, 0.2) is 0 Å². The van der Waals surface area contributed by atoms with Crippen molar-refractivity contribution in [2.24, 2.45) is 11.1 Å². The minimum absolute atomic E-state index is 0.0377. The van der Waals surface area contributed by atoms with E-state index in [0.717, 1.165) is 44.6 Å². The summed E-state index contributed by atoms with van der Waals surface area (Å²) in [6, 6.07) is 9.78. The smallest absolute Gasteiger partial charge is 0.223 e. The summed E-state index contributed by atoms with van der Waals surface area (Å²) in [4.78, 5) is 17.0. The number of benzene rings is 1. The molecule has 0 radical (unpaired) electrons. The second-order valence-corrected chi connectivity index (χ2v) is 8.05. The fraction of sp³-hybridized carbons (Fsp3) is 0.667. The topological polar surface area (TPSA) is 69.8 Å². The molecule has 1 saturated carbocycles. The lowest BCUT2D eigenvalue weighted by molar-refractivity contribution is -0.136. The van der Waals surface area contributed by atoms with Crippen molar-refractivity contribution in [3.8, 4) is 0 Å². The van der Waals surface area contributed by atoms with Gasteiger partial charge >= 0.3 is 0 Å². The average Bonchev–Trinajstić information content (AvgIpc) is 2.70. The zero-order valence-corrected chi connectivity index (χ0v) is 15.8. The van der Waals surface area contributed by atoms with Crippen LogP contribution in [0.1, 0.15) is 50.2 Å². The number of amides is 1. The van der Waals surface area contributed by atoms with Crippen molar-refractivity contribution in [1.29, 1.82) is 0 Å². The fourth-order valence-electron chi connectivity index (χ4n) is 4.39. The molecule has 0 aromatic heterocycles. The first kappa shape index (κ1) is 19.3. The Balaban J connectivity index is 1.46. The molecule has 2 fully saturated rings. The summed E-state index contributed by atoms with van der Waals surface area (Å²) >= 11 is 0. The van der Waals surface area contributed by atoms with E-state index in [0.29, 0.717) is 19.5 Å². The molecule has 1 heterocycles. The summed E-state index contributed by atoms with van der Waals surface area (Å²) < 4.78 is 0. The summed E-state index contributed by atoms with van der Waals surface area (Å²) in [5, 5.41) is 10.4. The molecule has 144 valence electrons. The molecule has 1 aromatic rings. The van der Waals surface area contributed by atoms with Gasteiger partial charge in [-0.3, -0.25) is 9.69 Å². The Kier molecular flexibility index (Phi) is 6.68. The first-order valence-electron chi connectivity index (χ1n) is 10.1. The lowest BCUT2D eigenvalue weighted by Crippen LogP contribution is -2.51. The van der Waals surface area contributed by atoms with Gasteiger partial charge in [-0.05, 0) is 30.4 Å². The Hall–Kier alpha value is -1.43. The minimum atomic E-state index is -0.471. The minimum Gasteiger partial charge on any atom is -0.387 e. The van der Waals surface area contributed by atoms with Crippen LogP contribution in [-0.4, -0.2) is 60.1 Å². The molecular weight excluding hydrogens is 326 g/mol. The number of carbonyl (C=O) groups excluding carboxylic acids is 1. The maximum Gasteiger partial charge on any atom is 0.223 e. The lowest BCUT2D eigenvalue weighted by atomic mass is 9.71. The highest BCUT2D eigenvalue weighted by Crippen LogP contribution is 2.38. The Morgan fingerprint density at radius 3 is 2.35 bits per heavy atom. The van der Waals surface area contributed by atoms with Crippen LogP contribution in [0.3, 0.4) is 0 Å². The summed E-state index contributed by atoms with van der Waals surface area (Å²) in [6.07, 6.45) is 6.01. The van der Waals surface area contributed by atoms with Crippen LogP contribution < -0.4 is 5.73 Å². The van der Waals surface area contributed by atoms with Crippen LogP contribution >= 0.6 is 0 Å². The largest absolute Gasteiger partial charge is 0.387 e. The summed E-state index contributed by atoms with van der Waals surface area (Å²) in [7, 11) is 0. The summed E-state index contributed by atoms with van der Waals surface area (Å²) in [6.45, 7) is 4.40. The number of rotatable bonds is 6. The summed E-state index contributed by atoms with van der Waals surface area (Å²) in [5.74, 6) is 0.264. The van der Waals surface area contributed by atoms with Crippen LogP contribution in [0.15, 0.2) is 30.3 Å². The molecule has 1 aliphatic carbocycles. The van der Waals surface area contributed by atoms with E-state index in [1.165, 1.54) is 19.3 Å². The van der Waals surface area contributed by atoms with Gasteiger partial charge in [0.2, 0.25) is 5.91 Å². The molecule has 3 rings (SSSR count). The van der Waals surface area contributed by atoms with E-state index in [-0.39, 0.29) is 11.3 Å². The Morgan fingerprint density at radius 2 is 1.73 bits per heavy atom. The molecule has 3 N–H and O–H groups in total. The molecule has 1 aliphatic heterocycles. The molecule has 1 aromatic carbocycles. The van der Waals surface area contributed by atoms with Gasteiger partial charge in [0.25, 0.3) is 0 Å². The van der Waals surface area contributed by atoms with E-state index in [1.807, 2.05) is 35.2 Å². The number of hydrogen-bond donors (Lipinski definition) is 2. The number of aliphatic hydroxyl groups excluding tert-OH is 1. The second-order valence-electron chi connectivity index (χ2n) is 8.05. The third kappa shape index (κ3) is 4.84. The predicted octanol–water partition coefficient (Wildman–Crippen LogP) is 2.16. The molecular formula is C21H33N3O2. The average molecular weight is 360 g/mol. The zero-order chi connectivity index (χ0) is 18.4. The van der Waals surface area contributed by atoms with E-state index in [2.05, 4.69) is 4.90 Å². The molecule has 2 aliphatic rings. The molecule has 0 spiro atoms. The van der Waals surface area contributed by atoms with Crippen LogP contribution in [0, 0.1) is 5.41 Å². The van der Waals surface area contributed by atoms with E-state index in [4.69, 9.17) is 5.73 Å². The maximum atomic E-state index is 12.8. The van der Waals surface area contributed by atoms with Gasteiger partial charge in [-0.1, -0.05) is 49.6 Å². The van der Waals surface area contributed by atoms with Crippen molar-refractivity contribution in [1.82, 2.24) is 9.80 Å². The van der Waals surface area contributed by atoms with Gasteiger partial charge < -0.3 is 15.7 Å². The zero-order valence-electron chi connectivity index (χ0n) is 15.8. The van der Waals surface area contributed by atoms with E-state index >= 15 is 0 Å². The highest BCUT2D eigenvalue weighted by molar-refractivity contribution is 5.77. The van der Waals surface area contributed by atoms with Gasteiger partial charge in [0.1, 0.15) is 0 Å². The van der Waals surface area contributed by atoms with Gasteiger partial charge in [-0.25, -0.2) is 0 Å². The molecule has 0 bridgehead atoms. The van der Waals surface area contributed by atoms with Crippen molar-refractivity contribution in [2.75, 3.05) is 39.3 Å². The van der Waals surface area contributed by atoms with Crippen molar-refractivity contribution in [2.45, 2.75) is 44.6 Å². The first-order valence-corrected chi connectivity index (χ1v) is 10.1. The Morgan fingerprint density at radius 1 is 1.08 bits per heavy atom. The Labute approximate surface area is 157 Å². The third-order valence-corrected chi connectivity index (χ3v) is 6.21. The van der Waals surface area contributed by atoms with Crippen LogP contribution in [0.2, 0.25) is 0 Å². The highest BCUT2D eigenvalue weighted by Gasteiger charge is 2.35. The third-order valence-electron chi connectivity index (χ3n) is 6.21. The number of carbonyl (C=O) groups is 1. The SMILES string of the molecule is NCC1(CC(=O)N2CCN(CC(O)c3ccccc3)CC2)CCCCC1. The molecule has 1 unspecified atom stereocenters. The quantitative estimate of drug-likeness (QED) is 0.817. The lowest BCUT2D eigenvalue weighted by Gasteiger charge is -2.40. The standard InChI is InChI=1S/C21H33N3O2/c22-17-21(9-5-2-6-10-21)15-20(26)24-13-11-23(12-14-24)16-19(25)18-7-3-1-4-8-18/h1,3-4,7-8,19,25H,2,5-6,9-17,22H2. The monoisotopic (exact) mass is 359 g/mol. The molecule has 1 atom stereocenters. The van der Waals surface area contributed by atoms with Crippen molar-refractivity contribution < 1.29 is 9.90 Å². The Bertz CT molecular complexity index is 564. The van der Waals surface area contributed by atoms with Gasteiger partial charge in [0.05, 0.1) is 6.10 Å².